The highest BCUT2D eigenvalue weighted by atomic mass is 16.5. The number of methoxy groups -OCH3 is 1. The maximum absolute atomic E-state index is 11.5. The maximum atomic E-state index is 11.5. The second kappa shape index (κ2) is 6.29. The Morgan fingerprint density at radius 1 is 1.33 bits per heavy atom. The largest absolute Gasteiger partial charge is 0.481 e. The average Bonchev–Trinajstić information content (AvgIpc) is 2.22. The first-order valence-corrected chi connectivity index (χ1v) is 4.75. The lowest BCUT2D eigenvalue weighted by Gasteiger charge is -2.14. The lowest BCUT2D eigenvalue weighted by Crippen LogP contribution is -2.34. The molecule has 5 heteroatoms. The lowest BCUT2D eigenvalue weighted by atomic mass is 9.94. The zero-order valence-electron chi connectivity index (χ0n) is 9.15. The van der Waals surface area contributed by atoms with Crippen LogP contribution in [0.1, 0.15) is 26.7 Å². The first kappa shape index (κ1) is 13.8. The number of hydrogen-bond acceptors (Lipinski definition) is 4. The Bertz CT molecular complexity index is 259. The quantitative estimate of drug-likeness (QED) is 0.632. The van der Waals surface area contributed by atoms with Gasteiger partial charge in [0, 0.05) is 20.0 Å². The minimum absolute atomic E-state index is 0.235. The highest BCUT2D eigenvalue weighted by Crippen LogP contribution is 2.11. The highest BCUT2D eigenvalue weighted by molar-refractivity contribution is 6.03. The van der Waals surface area contributed by atoms with Crippen molar-refractivity contribution in [1.29, 1.82) is 0 Å². The van der Waals surface area contributed by atoms with Gasteiger partial charge in [-0.15, -0.1) is 0 Å². The average molecular weight is 216 g/mol. The van der Waals surface area contributed by atoms with Crippen LogP contribution in [0.25, 0.3) is 0 Å². The Morgan fingerprint density at radius 3 is 2.20 bits per heavy atom. The van der Waals surface area contributed by atoms with Crippen molar-refractivity contribution in [3.05, 3.63) is 0 Å². The van der Waals surface area contributed by atoms with Crippen molar-refractivity contribution in [3.8, 4) is 0 Å². The summed E-state index contributed by atoms with van der Waals surface area (Å²) in [6, 6.07) is 0. The van der Waals surface area contributed by atoms with E-state index in [2.05, 4.69) is 0 Å². The molecule has 0 amide bonds. The molecule has 1 N–H and O–H groups in total. The van der Waals surface area contributed by atoms with Crippen molar-refractivity contribution in [3.63, 3.8) is 0 Å². The summed E-state index contributed by atoms with van der Waals surface area (Å²) >= 11 is 0. The molecular weight excluding hydrogens is 200 g/mol. The molecule has 0 spiro atoms. The number of carboxylic acid groups (broad SMARTS) is 1. The van der Waals surface area contributed by atoms with E-state index in [-0.39, 0.29) is 18.6 Å². The smallest absolute Gasteiger partial charge is 0.314 e. The lowest BCUT2D eigenvalue weighted by molar-refractivity contribution is -0.151. The molecule has 2 atom stereocenters. The number of carbonyl (C=O) groups excluding carboxylic acids is 2. The van der Waals surface area contributed by atoms with Crippen LogP contribution in [0, 0.1) is 5.92 Å². The van der Waals surface area contributed by atoms with Crippen molar-refractivity contribution >= 4 is 17.5 Å². The standard InChI is InChI=1S/C10H16O5/c1-4-7(11)5-8(10(13)14)9(12)6(2)15-3/h6,8H,4-5H2,1-3H3,(H,13,14). The van der Waals surface area contributed by atoms with Crippen LogP contribution < -0.4 is 0 Å². The molecule has 2 unspecified atom stereocenters. The molecule has 5 nitrogen and oxygen atoms in total. The SMILES string of the molecule is CCC(=O)CC(C(=O)O)C(=O)C(C)OC. The van der Waals surface area contributed by atoms with E-state index < -0.39 is 23.8 Å². The van der Waals surface area contributed by atoms with E-state index in [1.807, 2.05) is 0 Å². The van der Waals surface area contributed by atoms with E-state index in [0.29, 0.717) is 0 Å². The van der Waals surface area contributed by atoms with E-state index in [9.17, 15) is 14.4 Å². The third kappa shape index (κ3) is 4.20. The zero-order chi connectivity index (χ0) is 12.0. The minimum Gasteiger partial charge on any atom is -0.481 e. The summed E-state index contributed by atoms with van der Waals surface area (Å²) in [6.45, 7) is 3.10. The molecule has 86 valence electrons. The van der Waals surface area contributed by atoms with Crippen LogP contribution in [0.15, 0.2) is 0 Å². The molecule has 0 rings (SSSR count). The van der Waals surface area contributed by atoms with Crippen LogP contribution in [0.2, 0.25) is 0 Å². The second-order valence-electron chi connectivity index (χ2n) is 3.27. The third-order valence-corrected chi connectivity index (χ3v) is 2.22. The van der Waals surface area contributed by atoms with Gasteiger partial charge in [0.1, 0.15) is 17.8 Å². The predicted molar refractivity (Wildman–Crippen MR) is 52.5 cm³/mol. The summed E-state index contributed by atoms with van der Waals surface area (Å²) in [7, 11) is 1.32. The van der Waals surface area contributed by atoms with Gasteiger partial charge >= 0.3 is 5.97 Å². The van der Waals surface area contributed by atoms with Crippen molar-refractivity contribution in [1.82, 2.24) is 0 Å². The van der Waals surface area contributed by atoms with Crippen LogP contribution in [0.3, 0.4) is 0 Å². The molecule has 0 aromatic rings. The van der Waals surface area contributed by atoms with Crippen molar-refractivity contribution in [2.45, 2.75) is 32.8 Å². The number of carbonyl (C=O) groups is 3. The van der Waals surface area contributed by atoms with Gasteiger partial charge in [-0.1, -0.05) is 6.92 Å². The Kier molecular flexibility index (Phi) is 5.77. The fourth-order valence-corrected chi connectivity index (χ4v) is 1.08. The molecular formula is C10H16O5. The fourth-order valence-electron chi connectivity index (χ4n) is 1.08. The number of Topliss-reactive ketones (excluding diaryl/α,β-unsaturated/α-hetero) is 2. The number of ether oxygens (including phenoxy) is 1. The van der Waals surface area contributed by atoms with Gasteiger partial charge in [-0.3, -0.25) is 14.4 Å². The van der Waals surface area contributed by atoms with Gasteiger partial charge in [-0.25, -0.2) is 0 Å². The first-order chi connectivity index (χ1) is 6.93. The number of hydrogen-bond donors (Lipinski definition) is 1. The van der Waals surface area contributed by atoms with E-state index in [1.54, 1.807) is 6.92 Å². The van der Waals surface area contributed by atoms with Gasteiger partial charge < -0.3 is 9.84 Å². The Labute approximate surface area is 88.4 Å². The molecule has 0 heterocycles. The Hall–Kier alpha value is -1.23. The summed E-state index contributed by atoms with van der Waals surface area (Å²) in [5.41, 5.74) is 0. The van der Waals surface area contributed by atoms with Gasteiger partial charge in [-0.05, 0) is 6.92 Å². The molecule has 0 bridgehead atoms. The van der Waals surface area contributed by atoms with E-state index in [0.717, 1.165) is 0 Å². The summed E-state index contributed by atoms with van der Waals surface area (Å²) in [5.74, 6) is -3.36. The number of aliphatic carboxylic acids is 1. The van der Waals surface area contributed by atoms with E-state index in [4.69, 9.17) is 9.84 Å². The Morgan fingerprint density at radius 2 is 1.87 bits per heavy atom. The fraction of sp³-hybridized carbons (Fsp3) is 0.700. The minimum atomic E-state index is -1.28. The topological polar surface area (TPSA) is 80.7 Å². The molecule has 0 aliphatic rings. The molecule has 0 saturated heterocycles. The number of rotatable bonds is 7. The molecule has 0 radical (unpaired) electrons. The van der Waals surface area contributed by atoms with Crippen molar-refractivity contribution in [2.75, 3.05) is 7.11 Å². The molecule has 0 aromatic carbocycles. The van der Waals surface area contributed by atoms with Crippen LogP contribution in [0.5, 0.6) is 0 Å². The normalized spacial score (nSPS) is 14.3. The molecule has 0 aromatic heterocycles. The molecule has 0 saturated carbocycles. The van der Waals surface area contributed by atoms with Crippen molar-refractivity contribution < 1.29 is 24.2 Å². The predicted octanol–water partition coefficient (Wildman–Crippen LogP) is 0.660. The summed E-state index contributed by atoms with van der Waals surface area (Å²) in [6.07, 6.45) is -0.813. The Balaban J connectivity index is 4.60. The van der Waals surface area contributed by atoms with Gasteiger partial charge in [0.05, 0.1) is 0 Å². The van der Waals surface area contributed by atoms with Gasteiger partial charge in [0.15, 0.2) is 5.78 Å². The number of ketones is 2. The van der Waals surface area contributed by atoms with Gasteiger partial charge in [-0.2, -0.15) is 0 Å². The molecule has 0 aliphatic carbocycles. The molecule has 0 fully saturated rings. The van der Waals surface area contributed by atoms with E-state index in [1.165, 1.54) is 14.0 Å². The van der Waals surface area contributed by atoms with Gasteiger partial charge in [0.25, 0.3) is 0 Å². The summed E-state index contributed by atoms with van der Waals surface area (Å²) in [4.78, 5) is 33.4. The van der Waals surface area contributed by atoms with Gasteiger partial charge in [0.2, 0.25) is 0 Å². The van der Waals surface area contributed by atoms with Crippen LogP contribution in [0.4, 0.5) is 0 Å². The molecule has 15 heavy (non-hydrogen) atoms. The first-order valence-electron chi connectivity index (χ1n) is 4.75. The maximum Gasteiger partial charge on any atom is 0.314 e. The van der Waals surface area contributed by atoms with Crippen LogP contribution >= 0.6 is 0 Å². The summed E-state index contributed by atoms with van der Waals surface area (Å²) in [5, 5.41) is 8.80. The zero-order valence-corrected chi connectivity index (χ0v) is 9.15. The van der Waals surface area contributed by atoms with E-state index >= 15 is 0 Å². The monoisotopic (exact) mass is 216 g/mol. The second-order valence-corrected chi connectivity index (χ2v) is 3.27. The number of carboxylic acids is 1. The van der Waals surface area contributed by atoms with Crippen LogP contribution in [-0.2, 0) is 19.1 Å². The molecule has 0 aliphatic heterocycles. The third-order valence-electron chi connectivity index (χ3n) is 2.22. The highest BCUT2D eigenvalue weighted by Gasteiger charge is 2.31. The van der Waals surface area contributed by atoms with Crippen molar-refractivity contribution in [2.24, 2.45) is 5.92 Å². The summed E-state index contributed by atoms with van der Waals surface area (Å²) < 4.78 is 4.73. The van der Waals surface area contributed by atoms with Crippen LogP contribution in [-0.4, -0.2) is 35.9 Å².